The van der Waals surface area contributed by atoms with Crippen molar-refractivity contribution in [1.82, 2.24) is 9.55 Å². The average Bonchev–Trinajstić information content (AvgIpc) is 2.53. The highest BCUT2D eigenvalue weighted by Gasteiger charge is 2.34. The Bertz CT molecular complexity index is 414. The molecule has 0 fully saturated rings. The zero-order valence-corrected chi connectivity index (χ0v) is 7.69. The fourth-order valence-electron chi connectivity index (χ4n) is 1.21. The van der Waals surface area contributed by atoms with E-state index in [2.05, 4.69) is 4.98 Å². The van der Waals surface area contributed by atoms with Gasteiger partial charge in [0.1, 0.15) is 5.25 Å². The van der Waals surface area contributed by atoms with Gasteiger partial charge in [0.25, 0.3) is 0 Å². The van der Waals surface area contributed by atoms with Crippen molar-refractivity contribution in [2.24, 2.45) is 0 Å². The third-order valence-corrected chi connectivity index (χ3v) is 2.93. The van der Waals surface area contributed by atoms with Crippen LogP contribution in [-0.2, 0) is 4.79 Å². The molecule has 0 bridgehead atoms. The van der Waals surface area contributed by atoms with Crippen LogP contribution in [-0.4, -0.2) is 36.9 Å². The number of hydrogen-bond acceptors (Lipinski definition) is 5. The third-order valence-electron chi connectivity index (χ3n) is 1.78. The molecule has 1 unspecified atom stereocenters. The van der Waals surface area contributed by atoms with Gasteiger partial charge in [0, 0.05) is 0 Å². The van der Waals surface area contributed by atoms with Crippen LogP contribution in [0.3, 0.4) is 0 Å². The number of thioether (sulfide) groups is 1. The maximum atomic E-state index is 11.5. The summed E-state index contributed by atoms with van der Waals surface area (Å²) < 4.78 is 1.17. The molecule has 1 aliphatic heterocycles. The molecule has 0 aliphatic carbocycles. The van der Waals surface area contributed by atoms with Gasteiger partial charge in [-0.3, -0.25) is 14.2 Å². The summed E-state index contributed by atoms with van der Waals surface area (Å²) in [7, 11) is 0. The van der Waals surface area contributed by atoms with Crippen LogP contribution in [0.25, 0.3) is 0 Å². The number of hydrogen-bond donors (Lipinski definition) is 2. The van der Waals surface area contributed by atoms with E-state index in [1.165, 1.54) is 10.8 Å². The molecule has 0 aromatic carbocycles. The van der Waals surface area contributed by atoms with E-state index in [0.717, 1.165) is 11.8 Å². The number of carboxylic acid groups (broad SMARTS) is 1. The molecule has 2 N–H and O–H groups in total. The number of aromatic nitrogens is 2. The normalized spacial score (nSPS) is 19.7. The minimum Gasteiger partial charge on any atom is -0.492 e. The number of aromatic hydroxyl groups is 1. The number of carboxylic acids is 1. The second-order valence-electron chi connectivity index (χ2n) is 2.79. The lowest BCUT2D eigenvalue weighted by Crippen LogP contribution is -2.20. The van der Waals surface area contributed by atoms with Crippen molar-refractivity contribution in [2.75, 3.05) is 0 Å². The monoisotopic (exact) mass is 214 g/mol. The molecule has 74 valence electrons. The molecule has 0 radical (unpaired) electrons. The minimum atomic E-state index is -1.02. The summed E-state index contributed by atoms with van der Waals surface area (Å²) in [5.41, 5.74) is 0. The van der Waals surface area contributed by atoms with Gasteiger partial charge in [0.15, 0.2) is 5.16 Å². The smallest absolute Gasteiger partial charge is 0.305 e. The number of nitrogens with zero attached hydrogens (tertiary/aromatic N) is 2. The molecule has 14 heavy (non-hydrogen) atoms. The zero-order chi connectivity index (χ0) is 10.3. The predicted octanol–water partition coefficient (Wildman–Crippen LogP) is 0.178. The van der Waals surface area contributed by atoms with Crippen LogP contribution in [0, 0.1) is 0 Å². The van der Waals surface area contributed by atoms with Crippen LogP contribution in [0.1, 0.15) is 11.2 Å². The molecule has 2 heterocycles. The van der Waals surface area contributed by atoms with Crippen molar-refractivity contribution in [1.29, 1.82) is 0 Å². The summed E-state index contributed by atoms with van der Waals surface area (Å²) in [5.74, 6) is -1.60. The van der Waals surface area contributed by atoms with Gasteiger partial charge in [0.2, 0.25) is 11.8 Å². The predicted molar refractivity (Wildman–Crippen MR) is 46.4 cm³/mol. The summed E-state index contributed by atoms with van der Waals surface area (Å²) in [4.78, 5) is 25.5. The van der Waals surface area contributed by atoms with E-state index in [4.69, 9.17) is 10.2 Å². The van der Waals surface area contributed by atoms with E-state index in [0.29, 0.717) is 5.16 Å². The van der Waals surface area contributed by atoms with Crippen molar-refractivity contribution < 1.29 is 19.8 Å². The number of carbonyl (C=O) groups is 2. The van der Waals surface area contributed by atoms with Gasteiger partial charge >= 0.3 is 5.97 Å². The van der Waals surface area contributed by atoms with Crippen molar-refractivity contribution in [3.8, 4) is 5.88 Å². The first kappa shape index (κ1) is 9.07. The van der Waals surface area contributed by atoms with E-state index in [1.54, 1.807) is 0 Å². The lowest BCUT2D eigenvalue weighted by Gasteiger charge is -2.00. The fourth-order valence-corrected chi connectivity index (χ4v) is 2.31. The van der Waals surface area contributed by atoms with Crippen molar-refractivity contribution >= 4 is 23.6 Å². The third kappa shape index (κ3) is 1.35. The highest BCUT2D eigenvalue weighted by Crippen LogP contribution is 2.34. The topological polar surface area (TPSA) is 92.4 Å². The first-order chi connectivity index (χ1) is 6.58. The molecule has 0 saturated carbocycles. The molecular formula is C7H6N2O4S. The van der Waals surface area contributed by atoms with Crippen LogP contribution in [0.4, 0.5) is 0 Å². The Morgan fingerprint density at radius 2 is 2.43 bits per heavy atom. The summed E-state index contributed by atoms with van der Waals surface area (Å²) in [6.07, 6.45) is 0.958. The lowest BCUT2D eigenvalue weighted by atomic mass is 10.3. The van der Waals surface area contributed by atoms with Crippen LogP contribution >= 0.6 is 11.8 Å². The molecule has 2 rings (SSSR count). The summed E-state index contributed by atoms with van der Waals surface area (Å²) >= 11 is 1.05. The highest BCUT2D eigenvalue weighted by molar-refractivity contribution is 8.00. The molecule has 1 aromatic heterocycles. The second kappa shape index (κ2) is 3.02. The number of fused-ring (bicyclic) bond motifs is 1. The quantitative estimate of drug-likeness (QED) is 0.729. The Balaban J connectivity index is 2.22. The molecule has 0 saturated heterocycles. The zero-order valence-electron chi connectivity index (χ0n) is 6.88. The van der Waals surface area contributed by atoms with Gasteiger partial charge in [-0.2, -0.15) is 4.98 Å². The molecular weight excluding hydrogens is 208 g/mol. The largest absolute Gasteiger partial charge is 0.492 e. The number of rotatable bonds is 2. The van der Waals surface area contributed by atoms with Gasteiger partial charge in [-0.25, -0.2) is 0 Å². The van der Waals surface area contributed by atoms with Gasteiger partial charge in [-0.15, -0.1) is 0 Å². The Hall–Kier alpha value is -1.50. The maximum Gasteiger partial charge on any atom is 0.305 e. The number of imidazole rings is 1. The van der Waals surface area contributed by atoms with E-state index in [9.17, 15) is 9.59 Å². The SMILES string of the molecule is O=C(O)CC1Sc2nc(O)cn2C1=O. The fraction of sp³-hybridized carbons (Fsp3) is 0.286. The Kier molecular flexibility index (Phi) is 1.95. The first-order valence-corrected chi connectivity index (χ1v) is 4.67. The summed E-state index contributed by atoms with van der Waals surface area (Å²) in [6.45, 7) is 0. The van der Waals surface area contributed by atoms with Crippen LogP contribution in [0.15, 0.2) is 11.4 Å². The van der Waals surface area contributed by atoms with Crippen molar-refractivity contribution in [3.63, 3.8) is 0 Å². The van der Waals surface area contributed by atoms with E-state index in [1.807, 2.05) is 0 Å². The average molecular weight is 214 g/mol. The molecule has 6 nitrogen and oxygen atoms in total. The molecule has 0 spiro atoms. The van der Waals surface area contributed by atoms with Gasteiger partial charge in [-0.05, 0) is 0 Å². The van der Waals surface area contributed by atoms with Crippen LogP contribution in [0.2, 0.25) is 0 Å². The van der Waals surface area contributed by atoms with Gasteiger partial charge in [-0.1, -0.05) is 11.8 Å². The lowest BCUT2D eigenvalue weighted by molar-refractivity contribution is -0.136. The molecule has 7 heteroatoms. The summed E-state index contributed by atoms with van der Waals surface area (Å²) in [5, 5.41) is 17.2. The van der Waals surface area contributed by atoms with E-state index < -0.39 is 11.2 Å². The number of carbonyl (C=O) groups excluding carboxylic acids is 1. The van der Waals surface area contributed by atoms with Crippen molar-refractivity contribution in [3.05, 3.63) is 6.20 Å². The van der Waals surface area contributed by atoms with Crippen molar-refractivity contribution in [2.45, 2.75) is 16.8 Å². The standard InChI is InChI=1S/C7H6N2O4S/c10-4-2-9-6(13)3(1-5(11)12)14-7(9)8-4/h2-3,10H,1H2,(H,11,12). The number of aliphatic carboxylic acids is 1. The first-order valence-electron chi connectivity index (χ1n) is 3.79. The molecule has 1 aromatic rings. The Labute approximate surface area is 82.6 Å². The molecule has 0 amide bonds. The molecule has 1 atom stereocenters. The minimum absolute atomic E-state index is 0.227. The highest BCUT2D eigenvalue weighted by atomic mass is 32.2. The van der Waals surface area contributed by atoms with Crippen LogP contribution in [0.5, 0.6) is 5.88 Å². The van der Waals surface area contributed by atoms with Gasteiger partial charge < -0.3 is 10.2 Å². The van der Waals surface area contributed by atoms with E-state index in [-0.39, 0.29) is 18.2 Å². The Morgan fingerprint density at radius 3 is 3.00 bits per heavy atom. The van der Waals surface area contributed by atoms with E-state index >= 15 is 0 Å². The Morgan fingerprint density at radius 1 is 1.71 bits per heavy atom. The van der Waals surface area contributed by atoms with Crippen LogP contribution < -0.4 is 0 Å². The maximum absolute atomic E-state index is 11.5. The summed E-state index contributed by atoms with van der Waals surface area (Å²) in [6, 6.07) is 0. The molecule has 1 aliphatic rings. The van der Waals surface area contributed by atoms with Gasteiger partial charge in [0.05, 0.1) is 12.6 Å². The second-order valence-corrected chi connectivity index (χ2v) is 3.96.